The largest absolute Gasteiger partial charge is 0.497 e. The number of anilines is 1. The zero-order valence-electron chi connectivity index (χ0n) is 19.3. The maximum absolute atomic E-state index is 13.0. The summed E-state index contributed by atoms with van der Waals surface area (Å²) in [7, 11) is -1.51. The highest BCUT2D eigenvalue weighted by atomic mass is 32.2. The predicted octanol–water partition coefficient (Wildman–Crippen LogP) is 4.47. The molecule has 7 nitrogen and oxygen atoms in total. The third kappa shape index (κ3) is 5.11. The molecular weight excluding hydrogens is 438 g/mol. The van der Waals surface area contributed by atoms with Crippen LogP contribution < -0.4 is 10.1 Å². The summed E-state index contributed by atoms with van der Waals surface area (Å²) in [6.07, 6.45) is 0.475. The molecule has 0 bridgehead atoms. The van der Waals surface area contributed by atoms with E-state index in [2.05, 4.69) is 31.2 Å². The van der Waals surface area contributed by atoms with E-state index < -0.39 is 9.84 Å². The van der Waals surface area contributed by atoms with Gasteiger partial charge in [0.25, 0.3) is 5.91 Å². The number of methoxy groups -OCH3 is 1. The molecule has 1 aliphatic heterocycles. The van der Waals surface area contributed by atoms with Crippen molar-refractivity contribution in [3.8, 4) is 17.0 Å². The second-order valence-corrected chi connectivity index (χ2v) is 11.7. The predicted molar refractivity (Wildman–Crippen MR) is 130 cm³/mol. The Balaban J connectivity index is 1.64. The van der Waals surface area contributed by atoms with Crippen LogP contribution in [0.5, 0.6) is 5.75 Å². The number of amides is 1. The molecule has 0 unspecified atom stereocenters. The van der Waals surface area contributed by atoms with Gasteiger partial charge in [0.2, 0.25) is 0 Å². The molecular formula is C25H29N3O4S. The second kappa shape index (κ2) is 8.67. The first-order chi connectivity index (χ1) is 15.6. The van der Waals surface area contributed by atoms with Crippen LogP contribution >= 0.6 is 0 Å². The SMILES string of the molecule is COc1ccc(-c2cc(C(=O)Nc3ccc(C(C)(C)C)cc3)nn2[C@@H]2CCS(=O)(=O)C2)cc1. The van der Waals surface area contributed by atoms with Crippen LogP contribution in [0.3, 0.4) is 0 Å². The van der Waals surface area contributed by atoms with Crippen LogP contribution in [-0.2, 0) is 15.3 Å². The third-order valence-corrected chi connectivity index (χ3v) is 7.67. The molecule has 0 aliphatic carbocycles. The average Bonchev–Trinajstić information content (AvgIpc) is 3.37. The van der Waals surface area contributed by atoms with Gasteiger partial charge in [-0.3, -0.25) is 9.48 Å². The number of benzene rings is 2. The summed E-state index contributed by atoms with van der Waals surface area (Å²) in [4.78, 5) is 13.0. The number of sulfone groups is 1. The van der Waals surface area contributed by atoms with Crippen molar-refractivity contribution in [1.29, 1.82) is 0 Å². The first kappa shape index (κ1) is 23.0. The highest BCUT2D eigenvalue weighted by Gasteiger charge is 2.32. The molecule has 1 atom stereocenters. The highest BCUT2D eigenvalue weighted by molar-refractivity contribution is 7.91. The summed E-state index contributed by atoms with van der Waals surface area (Å²) < 4.78 is 31.1. The summed E-state index contributed by atoms with van der Waals surface area (Å²) in [5, 5.41) is 7.44. The number of carbonyl (C=O) groups is 1. The van der Waals surface area contributed by atoms with E-state index in [1.54, 1.807) is 17.9 Å². The molecule has 1 aromatic heterocycles. The van der Waals surface area contributed by atoms with Crippen LogP contribution in [-0.4, -0.2) is 42.7 Å². The molecule has 2 heterocycles. The van der Waals surface area contributed by atoms with E-state index in [1.807, 2.05) is 48.5 Å². The maximum Gasteiger partial charge on any atom is 0.276 e. The molecule has 1 N–H and O–H groups in total. The molecule has 4 rings (SSSR count). The lowest BCUT2D eigenvalue weighted by molar-refractivity contribution is 0.102. The summed E-state index contributed by atoms with van der Waals surface area (Å²) >= 11 is 0. The molecule has 1 amide bonds. The van der Waals surface area contributed by atoms with Crippen LogP contribution in [0.25, 0.3) is 11.3 Å². The first-order valence-electron chi connectivity index (χ1n) is 10.9. The van der Waals surface area contributed by atoms with Gasteiger partial charge in [0.05, 0.1) is 30.4 Å². The molecule has 8 heteroatoms. The van der Waals surface area contributed by atoms with Gasteiger partial charge in [0.1, 0.15) is 5.75 Å². The zero-order chi connectivity index (χ0) is 23.8. The molecule has 174 valence electrons. The Bertz CT molecular complexity index is 1250. The van der Waals surface area contributed by atoms with Gasteiger partial charge < -0.3 is 10.1 Å². The van der Waals surface area contributed by atoms with Gasteiger partial charge >= 0.3 is 0 Å². The molecule has 33 heavy (non-hydrogen) atoms. The Morgan fingerprint density at radius 1 is 1.09 bits per heavy atom. The Morgan fingerprint density at radius 3 is 2.30 bits per heavy atom. The first-order valence-corrected chi connectivity index (χ1v) is 12.7. The number of nitrogens with zero attached hydrogens (tertiary/aromatic N) is 2. The molecule has 3 aromatic rings. The van der Waals surface area contributed by atoms with E-state index >= 15 is 0 Å². The minimum Gasteiger partial charge on any atom is -0.497 e. The van der Waals surface area contributed by atoms with Crippen molar-refractivity contribution in [1.82, 2.24) is 9.78 Å². The highest BCUT2D eigenvalue weighted by Crippen LogP contribution is 2.31. The van der Waals surface area contributed by atoms with Crippen LogP contribution in [0.2, 0.25) is 0 Å². The number of rotatable bonds is 5. The lowest BCUT2D eigenvalue weighted by Crippen LogP contribution is -2.17. The zero-order valence-corrected chi connectivity index (χ0v) is 20.1. The maximum atomic E-state index is 13.0. The quantitative estimate of drug-likeness (QED) is 0.598. The summed E-state index contributed by atoms with van der Waals surface area (Å²) in [5.41, 5.74) is 3.65. The number of ether oxygens (including phenoxy) is 1. The third-order valence-electron chi connectivity index (χ3n) is 5.92. The fourth-order valence-electron chi connectivity index (χ4n) is 3.98. The Hall–Kier alpha value is -3.13. The number of aromatic nitrogens is 2. The molecule has 0 spiro atoms. The Kier molecular flexibility index (Phi) is 6.05. The molecule has 2 aromatic carbocycles. The molecule has 1 aliphatic rings. The van der Waals surface area contributed by atoms with Gasteiger partial charge in [-0.05, 0) is 59.9 Å². The second-order valence-electron chi connectivity index (χ2n) is 9.43. The van der Waals surface area contributed by atoms with Gasteiger partial charge in [0, 0.05) is 11.3 Å². The summed E-state index contributed by atoms with van der Waals surface area (Å²) in [6, 6.07) is 16.6. The van der Waals surface area contributed by atoms with Crippen molar-refractivity contribution >= 4 is 21.4 Å². The fraction of sp³-hybridized carbons (Fsp3) is 0.360. The molecule has 1 fully saturated rings. The lowest BCUT2D eigenvalue weighted by Gasteiger charge is -2.19. The standard InChI is InChI=1S/C25H29N3O4S/c1-25(2,3)18-7-9-19(10-8-18)26-24(29)22-15-23(17-5-11-21(32-4)12-6-17)28(27-22)20-13-14-33(30,31)16-20/h5-12,15,20H,13-14,16H2,1-4H3,(H,26,29)/t20-/m1/s1. The molecule has 1 saturated heterocycles. The van der Waals surface area contributed by atoms with Gasteiger partial charge in [-0.2, -0.15) is 5.10 Å². The van der Waals surface area contributed by atoms with Gasteiger partial charge in [0.15, 0.2) is 15.5 Å². The van der Waals surface area contributed by atoms with E-state index in [9.17, 15) is 13.2 Å². The topological polar surface area (TPSA) is 90.3 Å². The van der Waals surface area contributed by atoms with Crippen LogP contribution in [0.1, 0.15) is 49.3 Å². The monoisotopic (exact) mass is 467 g/mol. The van der Waals surface area contributed by atoms with Crippen molar-refractivity contribution in [2.75, 3.05) is 23.9 Å². The van der Waals surface area contributed by atoms with Crippen LogP contribution in [0, 0.1) is 0 Å². The minimum absolute atomic E-state index is 0.0210. The van der Waals surface area contributed by atoms with Crippen molar-refractivity contribution in [2.45, 2.75) is 38.6 Å². The van der Waals surface area contributed by atoms with E-state index in [0.29, 0.717) is 23.6 Å². The lowest BCUT2D eigenvalue weighted by atomic mass is 9.87. The normalized spacial score (nSPS) is 17.6. The van der Waals surface area contributed by atoms with Crippen molar-refractivity contribution in [3.05, 3.63) is 65.9 Å². The number of hydrogen-bond donors (Lipinski definition) is 1. The van der Waals surface area contributed by atoms with Crippen molar-refractivity contribution in [2.24, 2.45) is 0 Å². The minimum atomic E-state index is -3.11. The average molecular weight is 468 g/mol. The summed E-state index contributed by atoms with van der Waals surface area (Å²) in [5.74, 6) is 0.520. The Morgan fingerprint density at radius 2 is 1.76 bits per heavy atom. The molecule has 0 radical (unpaired) electrons. The van der Waals surface area contributed by atoms with Crippen LogP contribution in [0.15, 0.2) is 54.6 Å². The van der Waals surface area contributed by atoms with Gasteiger partial charge in [-0.1, -0.05) is 32.9 Å². The fourth-order valence-corrected chi connectivity index (χ4v) is 5.67. The van der Waals surface area contributed by atoms with E-state index in [1.165, 1.54) is 5.56 Å². The number of carbonyl (C=O) groups excluding carboxylic acids is 1. The summed E-state index contributed by atoms with van der Waals surface area (Å²) in [6.45, 7) is 6.41. The van der Waals surface area contributed by atoms with E-state index in [4.69, 9.17) is 4.74 Å². The van der Waals surface area contributed by atoms with E-state index in [0.717, 1.165) is 5.56 Å². The van der Waals surface area contributed by atoms with Crippen molar-refractivity contribution < 1.29 is 17.9 Å². The van der Waals surface area contributed by atoms with Gasteiger partial charge in [-0.15, -0.1) is 0 Å². The number of hydrogen-bond acceptors (Lipinski definition) is 5. The van der Waals surface area contributed by atoms with Gasteiger partial charge in [-0.25, -0.2) is 8.42 Å². The van der Waals surface area contributed by atoms with Crippen LogP contribution in [0.4, 0.5) is 5.69 Å². The smallest absolute Gasteiger partial charge is 0.276 e. The van der Waals surface area contributed by atoms with Crippen molar-refractivity contribution in [3.63, 3.8) is 0 Å². The Labute approximate surface area is 194 Å². The number of nitrogens with one attached hydrogen (secondary N) is 1. The molecule has 0 saturated carbocycles. The van der Waals surface area contributed by atoms with E-state index in [-0.39, 0.29) is 34.6 Å².